The Balaban J connectivity index is 2.71. The number of esters is 1. The maximum Gasteiger partial charge on any atom is 0.307 e. The number of benzene rings is 1. The molecule has 98 valence electrons. The number of ether oxygens (including phenoxy) is 1. The van der Waals surface area contributed by atoms with Crippen LogP contribution in [0.15, 0.2) is 18.2 Å². The fourth-order valence-electron chi connectivity index (χ4n) is 1.42. The van der Waals surface area contributed by atoms with Crippen LogP contribution in [0.4, 0.5) is 5.69 Å². The van der Waals surface area contributed by atoms with E-state index >= 15 is 0 Å². The van der Waals surface area contributed by atoms with Gasteiger partial charge in [0.05, 0.1) is 24.8 Å². The zero-order valence-electron chi connectivity index (χ0n) is 10.2. The number of hydrogen-bond acceptors (Lipinski definition) is 4. The van der Waals surface area contributed by atoms with Gasteiger partial charge in [-0.3, -0.25) is 9.59 Å². The van der Waals surface area contributed by atoms with E-state index in [1.165, 1.54) is 7.11 Å². The number of hydrogen-bond donors (Lipinski definition) is 2. The highest BCUT2D eigenvalue weighted by molar-refractivity contribution is 14.1. The van der Waals surface area contributed by atoms with Crippen LogP contribution in [-0.4, -0.2) is 25.0 Å². The van der Waals surface area contributed by atoms with E-state index in [2.05, 4.69) is 32.6 Å². The summed E-state index contributed by atoms with van der Waals surface area (Å²) in [7, 11) is 1.31. The van der Waals surface area contributed by atoms with Crippen molar-refractivity contribution in [3.8, 4) is 0 Å². The molecule has 1 unspecified atom stereocenters. The Labute approximate surface area is 119 Å². The molecule has 1 amide bonds. The lowest BCUT2D eigenvalue weighted by Gasteiger charge is -2.14. The Morgan fingerprint density at radius 3 is 2.78 bits per heavy atom. The minimum absolute atomic E-state index is 0.131. The molecule has 6 heteroatoms. The SMILES string of the molecule is COC(=O)CC(C)NC(=O)c1cccc(I)c1N. The summed E-state index contributed by atoms with van der Waals surface area (Å²) in [5.74, 6) is -0.652. The predicted molar refractivity (Wildman–Crippen MR) is 77.1 cm³/mol. The third-order valence-electron chi connectivity index (χ3n) is 2.38. The van der Waals surface area contributed by atoms with Crippen molar-refractivity contribution >= 4 is 40.2 Å². The van der Waals surface area contributed by atoms with Crippen LogP contribution in [0, 0.1) is 3.57 Å². The molecule has 0 bridgehead atoms. The number of anilines is 1. The van der Waals surface area contributed by atoms with Crippen molar-refractivity contribution in [2.24, 2.45) is 0 Å². The number of nitrogen functional groups attached to an aromatic ring is 1. The van der Waals surface area contributed by atoms with Gasteiger partial charge in [-0.25, -0.2) is 0 Å². The second-order valence-corrected chi connectivity index (χ2v) is 5.02. The topological polar surface area (TPSA) is 81.4 Å². The van der Waals surface area contributed by atoms with Crippen LogP contribution in [0.3, 0.4) is 0 Å². The van der Waals surface area contributed by atoms with Crippen molar-refractivity contribution < 1.29 is 14.3 Å². The zero-order valence-corrected chi connectivity index (χ0v) is 12.4. The lowest BCUT2D eigenvalue weighted by Crippen LogP contribution is -2.34. The van der Waals surface area contributed by atoms with Crippen LogP contribution in [-0.2, 0) is 9.53 Å². The molecule has 0 saturated heterocycles. The van der Waals surface area contributed by atoms with E-state index in [9.17, 15) is 9.59 Å². The van der Waals surface area contributed by atoms with Crippen LogP contribution in [0.2, 0.25) is 0 Å². The molecule has 1 rings (SSSR count). The second-order valence-electron chi connectivity index (χ2n) is 3.86. The molecule has 0 aliphatic carbocycles. The lowest BCUT2D eigenvalue weighted by molar-refractivity contribution is -0.141. The van der Waals surface area contributed by atoms with Crippen molar-refractivity contribution in [2.45, 2.75) is 19.4 Å². The van der Waals surface area contributed by atoms with E-state index in [1.54, 1.807) is 19.1 Å². The smallest absolute Gasteiger partial charge is 0.307 e. The summed E-state index contributed by atoms with van der Waals surface area (Å²) >= 11 is 2.06. The number of para-hydroxylation sites is 1. The molecule has 1 aromatic carbocycles. The number of rotatable bonds is 4. The zero-order chi connectivity index (χ0) is 13.7. The molecule has 3 N–H and O–H groups in total. The monoisotopic (exact) mass is 362 g/mol. The summed E-state index contributed by atoms with van der Waals surface area (Å²) < 4.78 is 5.36. The molecule has 0 aliphatic heterocycles. The number of carbonyl (C=O) groups excluding carboxylic acids is 2. The van der Waals surface area contributed by atoms with Gasteiger partial charge in [-0.15, -0.1) is 0 Å². The molecule has 0 aromatic heterocycles. The Bertz CT molecular complexity index is 463. The standard InChI is InChI=1S/C12H15IN2O3/c1-7(6-10(16)18-2)15-12(17)8-4-3-5-9(13)11(8)14/h3-5,7H,6,14H2,1-2H3,(H,15,17). The van der Waals surface area contributed by atoms with Crippen LogP contribution >= 0.6 is 22.6 Å². The molecule has 1 aromatic rings. The van der Waals surface area contributed by atoms with E-state index in [0.29, 0.717) is 11.3 Å². The molecule has 0 aliphatic rings. The Hall–Kier alpha value is -1.31. The molecule has 0 spiro atoms. The highest BCUT2D eigenvalue weighted by Crippen LogP contribution is 2.19. The third kappa shape index (κ3) is 3.86. The molecular formula is C12H15IN2O3. The average Bonchev–Trinajstić information content (AvgIpc) is 2.32. The van der Waals surface area contributed by atoms with Crippen LogP contribution < -0.4 is 11.1 Å². The number of halogens is 1. The van der Waals surface area contributed by atoms with Gasteiger partial charge >= 0.3 is 5.97 Å². The van der Waals surface area contributed by atoms with Gasteiger partial charge in [0.1, 0.15) is 0 Å². The first kappa shape index (κ1) is 14.7. The Kier molecular flexibility index (Phi) is 5.39. The quantitative estimate of drug-likeness (QED) is 0.484. The maximum absolute atomic E-state index is 12.0. The number of nitrogens with one attached hydrogen (secondary N) is 1. The van der Waals surface area contributed by atoms with E-state index in [4.69, 9.17) is 5.73 Å². The maximum atomic E-state index is 12.0. The van der Waals surface area contributed by atoms with Crippen LogP contribution in [0.1, 0.15) is 23.7 Å². The Morgan fingerprint density at radius 1 is 1.50 bits per heavy atom. The summed E-state index contributed by atoms with van der Waals surface area (Å²) in [6.45, 7) is 1.74. The summed E-state index contributed by atoms with van der Waals surface area (Å²) in [4.78, 5) is 23.0. The van der Waals surface area contributed by atoms with Gasteiger partial charge in [0, 0.05) is 9.61 Å². The van der Waals surface area contributed by atoms with Crippen LogP contribution in [0.5, 0.6) is 0 Å². The molecule has 0 heterocycles. The molecule has 0 radical (unpaired) electrons. The summed E-state index contributed by atoms with van der Waals surface area (Å²) in [6.07, 6.45) is 0.131. The van der Waals surface area contributed by atoms with Crippen molar-refractivity contribution in [1.82, 2.24) is 5.32 Å². The molecule has 5 nitrogen and oxygen atoms in total. The number of carbonyl (C=O) groups is 2. The molecule has 0 saturated carbocycles. The van der Waals surface area contributed by atoms with E-state index < -0.39 is 0 Å². The lowest BCUT2D eigenvalue weighted by atomic mass is 10.1. The van der Waals surface area contributed by atoms with Gasteiger partial charge in [0.2, 0.25) is 0 Å². The van der Waals surface area contributed by atoms with E-state index in [1.807, 2.05) is 6.07 Å². The Morgan fingerprint density at radius 2 is 2.17 bits per heavy atom. The van der Waals surface area contributed by atoms with Crippen LogP contribution in [0.25, 0.3) is 0 Å². The normalized spacial score (nSPS) is 11.7. The number of nitrogens with two attached hydrogens (primary N) is 1. The van der Waals surface area contributed by atoms with Crippen molar-refractivity contribution in [3.05, 3.63) is 27.3 Å². The highest BCUT2D eigenvalue weighted by atomic mass is 127. The highest BCUT2D eigenvalue weighted by Gasteiger charge is 2.16. The average molecular weight is 362 g/mol. The molecular weight excluding hydrogens is 347 g/mol. The first-order chi connectivity index (χ1) is 8.45. The van der Waals surface area contributed by atoms with Gasteiger partial charge in [-0.2, -0.15) is 0 Å². The largest absolute Gasteiger partial charge is 0.469 e. The fourth-order valence-corrected chi connectivity index (χ4v) is 1.92. The van der Waals surface area contributed by atoms with Crippen molar-refractivity contribution in [1.29, 1.82) is 0 Å². The first-order valence-corrected chi connectivity index (χ1v) is 6.45. The van der Waals surface area contributed by atoms with Gasteiger partial charge in [-0.1, -0.05) is 6.07 Å². The minimum atomic E-state index is -0.363. The fraction of sp³-hybridized carbons (Fsp3) is 0.333. The molecule has 0 fully saturated rings. The van der Waals surface area contributed by atoms with Gasteiger partial charge in [0.25, 0.3) is 5.91 Å². The van der Waals surface area contributed by atoms with Crippen molar-refractivity contribution in [2.75, 3.05) is 12.8 Å². The summed E-state index contributed by atoms with van der Waals surface area (Å²) in [6, 6.07) is 4.93. The van der Waals surface area contributed by atoms with Crippen molar-refractivity contribution in [3.63, 3.8) is 0 Å². The number of amides is 1. The third-order valence-corrected chi connectivity index (χ3v) is 3.32. The first-order valence-electron chi connectivity index (χ1n) is 5.37. The van der Waals surface area contributed by atoms with Gasteiger partial charge < -0.3 is 15.8 Å². The second kappa shape index (κ2) is 6.58. The summed E-state index contributed by atoms with van der Waals surface area (Å²) in [5.41, 5.74) is 6.69. The minimum Gasteiger partial charge on any atom is -0.469 e. The molecule has 18 heavy (non-hydrogen) atoms. The van der Waals surface area contributed by atoms with E-state index in [-0.39, 0.29) is 24.3 Å². The molecule has 1 atom stereocenters. The van der Waals surface area contributed by atoms with Gasteiger partial charge in [0.15, 0.2) is 0 Å². The number of methoxy groups -OCH3 is 1. The van der Waals surface area contributed by atoms with Gasteiger partial charge in [-0.05, 0) is 41.6 Å². The van der Waals surface area contributed by atoms with E-state index in [0.717, 1.165) is 3.57 Å². The predicted octanol–water partition coefficient (Wildman–Crippen LogP) is 1.55. The summed E-state index contributed by atoms with van der Waals surface area (Å²) in [5, 5.41) is 2.71.